The molecule has 0 aromatic carbocycles. The molecule has 2 rings (SSSR count). The van der Waals surface area contributed by atoms with Gasteiger partial charge in [-0.05, 0) is 45.6 Å². The summed E-state index contributed by atoms with van der Waals surface area (Å²) in [5.74, 6) is 0. The van der Waals surface area contributed by atoms with Crippen molar-refractivity contribution in [3.8, 4) is 0 Å². The Balaban J connectivity index is 1.70. The fourth-order valence-corrected chi connectivity index (χ4v) is 2.38. The molecule has 2 heterocycles. The summed E-state index contributed by atoms with van der Waals surface area (Å²) in [6.07, 6.45) is 6.42. The predicted octanol–water partition coefficient (Wildman–Crippen LogP) is 1.71. The molecule has 15 heavy (non-hydrogen) atoms. The topological polar surface area (TPSA) is 30.5 Å². The van der Waals surface area contributed by atoms with Crippen molar-refractivity contribution in [1.29, 1.82) is 0 Å². The lowest BCUT2D eigenvalue weighted by atomic mass is 9.96. The molecule has 0 aliphatic carbocycles. The van der Waals surface area contributed by atoms with Crippen LogP contribution in [-0.2, 0) is 9.47 Å². The number of rotatable bonds is 3. The van der Waals surface area contributed by atoms with Gasteiger partial charge in [-0.25, -0.2) is 0 Å². The second kappa shape index (κ2) is 5.28. The highest BCUT2D eigenvalue weighted by atomic mass is 16.5. The van der Waals surface area contributed by atoms with Crippen LogP contribution in [0.4, 0.5) is 0 Å². The minimum Gasteiger partial charge on any atom is -0.376 e. The highest BCUT2D eigenvalue weighted by Crippen LogP contribution is 2.22. The van der Waals surface area contributed by atoms with Gasteiger partial charge in [-0.15, -0.1) is 0 Å². The lowest BCUT2D eigenvalue weighted by Gasteiger charge is -2.36. The second-order valence-corrected chi connectivity index (χ2v) is 5.03. The van der Waals surface area contributed by atoms with Gasteiger partial charge in [-0.2, -0.15) is 0 Å². The van der Waals surface area contributed by atoms with Gasteiger partial charge in [0, 0.05) is 13.2 Å². The Kier molecular flexibility index (Phi) is 4.00. The van der Waals surface area contributed by atoms with Crippen LogP contribution < -0.4 is 5.32 Å². The number of hydrogen-bond acceptors (Lipinski definition) is 3. The Morgan fingerprint density at radius 3 is 3.00 bits per heavy atom. The molecule has 0 saturated carbocycles. The fraction of sp³-hybridized carbons (Fsp3) is 1.00. The van der Waals surface area contributed by atoms with Crippen LogP contribution in [0.15, 0.2) is 0 Å². The van der Waals surface area contributed by atoms with E-state index >= 15 is 0 Å². The van der Waals surface area contributed by atoms with E-state index in [1.54, 1.807) is 0 Å². The van der Waals surface area contributed by atoms with E-state index < -0.39 is 0 Å². The normalized spacial score (nSPS) is 37.8. The van der Waals surface area contributed by atoms with Crippen molar-refractivity contribution >= 4 is 0 Å². The largest absolute Gasteiger partial charge is 0.376 e. The first-order valence-corrected chi connectivity index (χ1v) is 6.25. The summed E-state index contributed by atoms with van der Waals surface area (Å²) in [6.45, 7) is 6.03. The van der Waals surface area contributed by atoms with E-state index in [2.05, 4.69) is 12.2 Å². The number of hydrogen-bond donors (Lipinski definition) is 1. The quantitative estimate of drug-likeness (QED) is 0.774. The fourth-order valence-electron chi connectivity index (χ4n) is 2.38. The third-order valence-corrected chi connectivity index (χ3v) is 3.45. The molecule has 2 aliphatic heterocycles. The third-order valence-electron chi connectivity index (χ3n) is 3.45. The molecule has 0 spiro atoms. The lowest BCUT2D eigenvalue weighted by Crippen LogP contribution is -2.46. The minimum atomic E-state index is 0.0407. The smallest absolute Gasteiger partial charge is 0.0808 e. The number of piperidine rings is 1. The zero-order valence-electron chi connectivity index (χ0n) is 9.76. The first kappa shape index (κ1) is 11.4. The second-order valence-electron chi connectivity index (χ2n) is 5.03. The van der Waals surface area contributed by atoms with Crippen molar-refractivity contribution < 1.29 is 9.47 Å². The molecule has 2 saturated heterocycles. The average Bonchev–Trinajstić information content (AvgIpc) is 2.29. The molecule has 0 radical (unpaired) electrons. The van der Waals surface area contributed by atoms with Gasteiger partial charge in [0.2, 0.25) is 0 Å². The molecule has 2 unspecified atom stereocenters. The zero-order chi connectivity index (χ0) is 10.6. The summed E-state index contributed by atoms with van der Waals surface area (Å²) < 4.78 is 11.7. The van der Waals surface area contributed by atoms with Gasteiger partial charge in [0.1, 0.15) is 0 Å². The Labute approximate surface area is 92.5 Å². The number of ether oxygens (including phenoxy) is 2. The van der Waals surface area contributed by atoms with Gasteiger partial charge in [-0.3, -0.25) is 0 Å². The van der Waals surface area contributed by atoms with Crippen LogP contribution in [0, 0.1) is 0 Å². The summed E-state index contributed by atoms with van der Waals surface area (Å²) in [4.78, 5) is 0. The summed E-state index contributed by atoms with van der Waals surface area (Å²) in [7, 11) is 0. The van der Waals surface area contributed by atoms with Crippen molar-refractivity contribution in [3.05, 3.63) is 0 Å². The first-order valence-electron chi connectivity index (χ1n) is 6.25. The van der Waals surface area contributed by atoms with Crippen molar-refractivity contribution in [2.75, 3.05) is 26.3 Å². The predicted molar refractivity (Wildman–Crippen MR) is 60.1 cm³/mol. The molecule has 88 valence electrons. The molecular weight excluding hydrogens is 190 g/mol. The van der Waals surface area contributed by atoms with Gasteiger partial charge in [0.05, 0.1) is 18.3 Å². The molecule has 3 heteroatoms. The SMILES string of the molecule is CC1(OCC2CCCCO2)CCCNC1. The van der Waals surface area contributed by atoms with Crippen LogP contribution >= 0.6 is 0 Å². The van der Waals surface area contributed by atoms with Crippen molar-refractivity contribution in [2.45, 2.75) is 50.7 Å². The van der Waals surface area contributed by atoms with E-state index in [4.69, 9.17) is 9.47 Å². The van der Waals surface area contributed by atoms with E-state index in [9.17, 15) is 0 Å². The Hall–Kier alpha value is -0.120. The van der Waals surface area contributed by atoms with E-state index in [1.807, 2.05) is 0 Å². The van der Waals surface area contributed by atoms with Crippen molar-refractivity contribution in [2.24, 2.45) is 0 Å². The van der Waals surface area contributed by atoms with E-state index in [0.717, 1.165) is 26.3 Å². The maximum Gasteiger partial charge on any atom is 0.0808 e. The molecule has 3 nitrogen and oxygen atoms in total. The maximum atomic E-state index is 6.02. The average molecular weight is 213 g/mol. The Morgan fingerprint density at radius 1 is 1.40 bits per heavy atom. The molecule has 0 amide bonds. The molecule has 0 aromatic rings. The molecular formula is C12H23NO2. The summed E-state index contributed by atoms with van der Waals surface area (Å²) in [5.41, 5.74) is 0.0407. The molecule has 2 atom stereocenters. The number of nitrogens with one attached hydrogen (secondary N) is 1. The molecule has 0 bridgehead atoms. The van der Waals surface area contributed by atoms with Gasteiger partial charge < -0.3 is 14.8 Å². The minimum absolute atomic E-state index is 0.0407. The molecule has 2 aliphatic rings. The van der Waals surface area contributed by atoms with Crippen LogP contribution in [0.25, 0.3) is 0 Å². The highest BCUT2D eigenvalue weighted by molar-refractivity contribution is 4.83. The standard InChI is InChI=1S/C12H23NO2/c1-12(6-4-7-13-10-12)15-9-11-5-2-3-8-14-11/h11,13H,2-10H2,1H3. The van der Waals surface area contributed by atoms with E-state index in [0.29, 0.717) is 6.10 Å². The molecule has 2 fully saturated rings. The van der Waals surface area contributed by atoms with Crippen LogP contribution in [0.3, 0.4) is 0 Å². The van der Waals surface area contributed by atoms with Gasteiger partial charge in [0.15, 0.2) is 0 Å². The zero-order valence-corrected chi connectivity index (χ0v) is 9.76. The van der Waals surface area contributed by atoms with Crippen molar-refractivity contribution in [1.82, 2.24) is 5.32 Å². The van der Waals surface area contributed by atoms with E-state index in [1.165, 1.54) is 32.1 Å². The Bertz CT molecular complexity index is 184. The van der Waals surface area contributed by atoms with Gasteiger partial charge >= 0.3 is 0 Å². The van der Waals surface area contributed by atoms with Crippen molar-refractivity contribution in [3.63, 3.8) is 0 Å². The lowest BCUT2D eigenvalue weighted by molar-refractivity contribution is -0.107. The molecule has 1 N–H and O–H groups in total. The van der Waals surface area contributed by atoms with Crippen LogP contribution in [0.5, 0.6) is 0 Å². The van der Waals surface area contributed by atoms with E-state index in [-0.39, 0.29) is 5.60 Å². The summed E-state index contributed by atoms with van der Waals surface area (Å²) in [6, 6.07) is 0. The van der Waals surface area contributed by atoms with Crippen LogP contribution in [-0.4, -0.2) is 38.0 Å². The highest BCUT2D eigenvalue weighted by Gasteiger charge is 2.28. The molecule has 0 aromatic heterocycles. The summed E-state index contributed by atoms with van der Waals surface area (Å²) in [5, 5.41) is 3.40. The Morgan fingerprint density at radius 2 is 2.33 bits per heavy atom. The van der Waals surface area contributed by atoms with Crippen LogP contribution in [0.2, 0.25) is 0 Å². The summed E-state index contributed by atoms with van der Waals surface area (Å²) >= 11 is 0. The van der Waals surface area contributed by atoms with Crippen LogP contribution in [0.1, 0.15) is 39.0 Å². The van der Waals surface area contributed by atoms with Gasteiger partial charge in [0.25, 0.3) is 0 Å². The van der Waals surface area contributed by atoms with Gasteiger partial charge in [-0.1, -0.05) is 0 Å². The maximum absolute atomic E-state index is 6.02. The monoisotopic (exact) mass is 213 g/mol. The first-order chi connectivity index (χ1) is 7.29. The third kappa shape index (κ3) is 3.44.